The Morgan fingerprint density at radius 1 is 1.58 bits per heavy atom. The first-order valence-electron chi connectivity index (χ1n) is 6.31. The van der Waals surface area contributed by atoms with E-state index >= 15 is 0 Å². The Labute approximate surface area is 111 Å². The van der Waals surface area contributed by atoms with Gasteiger partial charge in [0.25, 0.3) is 0 Å². The predicted molar refractivity (Wildman–Crippen MR) is 70.1 cm³/mol. The highest BCUT2D eigenvalue weighted by Gasteiger charge is 2.15. The fourth-order valence-electron chi connectivity index (χ4n) is 1.92. The van der Waals surface area contributed by atoms with Crippen LogP contribution in [0.2, 0.25) is 0 Å². The monoisotopic (exact) mass is 266 g/mol. The van der Waals surface area contributed by atoms with Crippen molar-refractivity contribution in [1.29, 1.82) is 0 Å². The lowest BCUT2D eigenvalue weighted by Crippen LogP contribution is -2.23. The van der Waals surface area contributed by atoms with E-state index in [2.05, 4.69) is 5.32 Å². The van der Waals surface area contributed by atoms with Crippen LogP contribution in [0, 0.1) is 0 Å². The summed E-state index contributed by atoms with van der Waals surface area (Å²) in [6, 6.07) is 2.98. The van der Waals surface area contributed by atoms with E-state index in [4.69, 9.17) is 9.47 Å². The zero-order chi connectivity index (χ0) is 13.7. The molecule has 1 N–H and O–H groups in total. The molecule has 1 fully saturated rings. The van der Waals surface area contributed by atoms with Crippen molar-refractivity contribution in [1.82, 2.24) is 4.57 Å². The molecular weight excluding hydrogens is 248 g/mol. The van der Waals surface area contributed by atoms with Gasteiger partial charge in [-0.3, -0.25) is 9.59 Å². The number of carbonyl (C=O) groups is 1. The van der Waals surface area contributed by atoms with E-state index in [1.807, 2.05) is 0 Å². The maximum absolute atomic E-state index is 11.6. The molecule has 0 bridgehead atoms. The molecule has 104 valence electrons. The lowest BCUT2D eigenvalue weighted by Gasteiger charge is -2.10. The Kier molecular flexibility index (Phi) is 4.70. The molecule has 1 unspecified atom stereocenters. The number of pyridine rings is 1. The van der Waals surface area contributed by atoms with Crippen molar-refractivity contribution in [3.8, 4) is 0 Å². The molecule has 19 heavy (non-hydrogen) atoms. The molecule has 2 heterocycles. The summed E-state index contributed by atoms with van der Waals surface area (Å²) in [7, 11) is 1.63. The van der Waals surface area contributed by atoms with Gasteiger partial charge in [0.15, 0.2) is 0 Å². The van der Waals surface area contributed by atoms with Gasteiger partial charge < -0.3 is 19.4 Å². The van der Waals surface area contributed by atoms with Crippen LogP contribution in [0.4, 0.5) is 5.69 Å². The molecule has 2 rings (SSSR count). The number of hydrogen-bond acceptors (Lipinski definition) is 4. The highest BCUT2D eigenvalue weighted by molar-refractivity contribution is 5.91. The van der Waals surface area contributed by atoms with Crippen molar-refractivity contribution >= 4 is 11.6 Å². The first kappa shape index (κ1) is 13.8. The highest BCUT2D eigenvalue weighted by atomic mass is 16.5. The summed E-state index contributed by atoms with van der Waals surface area (Å²) < 4.78 is 12.1. The molecule has 1 aromatic rings. The number of nitrogens with zero attached hydrogens (tertiary/aromatic N) is 1. The zero-order valence-electron chi connectivity index (χ0n) is 10.9. The number of aromatic nitrogens is 1. The molecule has 0 saturated carbocycles. The Bertz CT molecular complexity index is 492. The van der Waals surface area contributed by atoms with E-state index < -0.39 is 0 Å². The van der Waals surface area contributed by atoms with Crippen molar-refractivity contribution in [3.63, 3.8) is 0 Å². The van der Waals surface area contributed by atoms with Crippen molar-refractivity contribution in [2.75, 3.05) is 25.1 Å². The van der Waals surface area contributed by atoms with E-state index in [9.17, 15) is 9.59 Å². The molecule has 0 spiro atoms. The van der Waals surface area contributed by atoms with Crippen LogP contribution in [0.3, 0.4) is 0 Å². The lowest BCUT2D eigenvalue weighted by atomic mass is 10.2. The highest BCUT2D eigenvalue weighted by Crippen LogP contribution is 2.11. The molecular formula is C13H18N2O4. The molecule has 6 nitrogen and oxygen atoms in total. The molecule has 0 aliphatic carbocycles. The third kappa shape index (κ3) is 4.18. The van der Waals surface area contributed by atoms with Gasteiger partial charge in [-0.05, 0) is 18.9 Å². The largest absolute Gasteiger partial charge is 0.376 e. The summed E-state index contributed by atoms with van der Waals surface area (Å²) >= 11 is 0. The summed E-state index contributed by atoms with van der Waals surface area (Å²) in [6.07, 6.45) is 3.73. The fraction of sp³-hybridized carbons (Fsp3) is 0.538. The molecule has 0 radical (unpaired) electrons. The van der Waals surface area contributed by atoms with Gasteiger partial charge in [-0.15, -0.1) is 0 Å². The van der Waals surface area contributed by atoms with Crippen LogP contribution >= 0.6 is 0 Å². The van der Waals surface area contributed by atoms with E-state index in [0.29, 0.717) is 12.3 Å². The van der Waals surface area contributed by atoms with Crippen LogP contribution < -0.4 is 10.9 Å². The van der Waals surface area contributed by atoms with Crippen LogP contribution in [0.1, 0.15) is 12.8 Å². The number of ether oxygens (including phenoxy) is 2. The standard InChI is InChI=1S/C13H18N2O4/c1-15-7-10(4-5-13(15)17)14-12(16)9-18-8-11-3-2-6-19-11/h4-5,7,11H,2-3,6,8-9H2,1H3,(H,14,16). The molecule has 0 aromatic carbocycles. The average molecular weight is 266 g/mol. The van der Waals surface area contributed by atoms with E-state index in [1.165, 1.54) is 10.6 Å². The zero-order valence-corrected chi connectivity index (χ0v) is 10.9. The average Bonchev–Trinajstić information content (AvgIpc) is 2.87. The third-order valence-electron chi connectivity index (χ3n) is 2.93. The van der Waals surface area contributed by atoms with Gasteiger partial charge in [-0.1, -0.05) is 0 Å². The molecule has 1 atom stereocenters. The Hall–Kier alpha value is -1.66. The van der Waals surface area contributed by atoms with Crippen molar-refractivity contribution in [2.45, 2.75) is 18.9 Å². The van der Waals surface area contributed by atoms with Gasteiger partial charge in [0.1, 0.15) is 6.61 Å². The summed E-state index contributed by atoms with van der Waals surface area (Å²) in [5.74, 6) is -0.239. The number of amides is 1. The molecule has 1 aromatic heterocycles. The number of anilines is 1. The number of aryl methyl sites for hydroxylation is 1. The predicted octanol–water partition coefficient (Wildman–Crippen LogP) is 0.519. The van der Waals surface area contributed by atoms with Gasteiger partial charge in [0.2, 0.25) is 11.5 Å². The summed E-state index contributed by atoms with van der Waals surface area (Å²) in [6.45, 7) is 1.21. The van der Waals surface area contributed by atoms with Crippen molar-refractivity contribution < 1.29 is 14.3 Å². The smallest absolute Gasteiger partial charge is 0.250 e. The number of rotatable bonds is 5. The topological polar surface area (TPSA) is 69.6 Å². The number of carbonyl (C=O) groups excluding carboxylic acids is 1. The van der Waals surface area contributed by atoms with E-state index in [-0.39, 0.29) is 24.2 Å². The molecule has 1 amide bonds. The van der Waals surface area contributed by atoms with Gasteiger partial charge in [0.05, 0.1) is 18.4 Å². The first-order chi connectivity index (χ1) is 9.15. The van der Waals surface area contributed by atoms with Crippen LogP contribution in [0.5, 0.6) is 0 Å². The van der Waals surface area contributed by atoms with Crippen molar-refractivity contribution in [2.24, 2.45) is 7.05 Å². The van der Waals surface area contributed by atoms with Gasteiger partial charge in [-0.25, -0.2) is 0 Å². The minimum absolute atomic E-state index is 0.0112. The lowest BCUT2D eigenvalue weighted by molar-refractivity contribution is -0.121. The van der Waals surface area contributed by atoms with Crippen LogP contribution in [-0.2, 0) is 21.3 Å². The second-order valence-corrected chi connectivity index (χ2v) is 4.57. The Balaban J connectivity index is 1.74. The summed E-state index contributed by atoms with van der Waals surface area (Å²) in [4.78, 5) is 22.8. The minimum atomic E-state index is -0.239. The van der Waals surface area contributed by atoms with Gasteiger partial charge in [0, 0.05) is 25.9 Å². The molecule has 1 saturated heterocycles. The third-order valence-corrected chi connectivity index (χ3v) is 2.93. The van der Waals surface area contributed by atoms with Gasteiger partial charge in [-0.2, -0.15) is 0 Å². The maximum Gasteiger partial charge on any atom is 0.250 e. The minimum Gasteiger partial charge on any atom is -0.376 e. The second-order valence-electron chi connectivity index (χ2n) is 4.57. The molecule has 6 heteroatoms. The van der Waals surface area contributed by atoms with E-state index in [0.717, 1.165) is 19.4 Å². The Morgan fingerprint density at radius 3 is 3.11 bits per heavy atom. The van der Waals surface area contributed by atoms with Crippen molar-refractivity contribution in [3.05, 3.63) is 28.7 Å². The quantitative estimate of drug-likeness (QED) is 0.843. The van der Waals surface area contributed by atoms with E-state index in [1.54, 1.807) is 19.3 Å². The second kappa shape index (κ2) is 6.49. The SMILES string of the molecule is Cn1cc(NC(=O)COCC2CCCO2)ccc1=O. The molecule has 1 aliphatic heterocycles. The molecule has 1 aliphatic rings. The number of nitrogens with one attached hydrogen (secondary N) is 1. The Morgan fingerprint density at radius 2 is 2.42 bits per heavy atom. The van der Waals surface area contributed by atoms with Crippen LogP contribution in [0.25, 0.3) is 0 Å². The van der Waals surface area contributed by atoms with Crippen LogP contribution in [0.15, 0.2) is 23.1 Å². The summed E-state index contributed by atoms with van der Waals surface area (Å²) in [5.41, 5.74) is 0.459. The normalized spacial score (nSPS) is 18.5. The maximum atomic E-state index is 11.6. The number of hydrogen-bond donors (Lipinski definition) is 1. The van der Waals surface area contributed by atoms with Gasteiger partial charge >= 0.3 is 0 Å². The summed E-state index contributed by atoms with van der Waals surface area (Å²) in [5, 5.41) is 2.67. The fourth-order valence-corrected chi connectivity index (χ4v) is 1.92. The first-order valence-corrected chi connectivity index (χ1v) is 6.31. The van der Waals surface area contributed by atoms with Crippen LogP contribution in [-0.4, -0.2) is 36.4 Å².